The summed E-state index contributed by atoms with van der Waals surface area (Å²) >= 11 is 0. The molecule has 0 amide bonds. The minimum atomic E-state index is 0. The van der Waals surface area contributed by atoms with E-state index >= 15 is 0 Å². The van der Waals surface area contributed by atoms with E-state index in [2.05, 4.69) is 51.1 Å². The molecule has 0 spiro atoms. The minimum absolute atomic E-state index is 0. The van der Waals surface area contributed by atoms with E-state index < -0.39 is 0 Å². The van der Waals surface area contributed by atoms with Gasteiger partial charge in [0.25, 0.3) is 0 Å². The predicted molar refractivity (Wildman–Crippen MR) is 81.3 cm³/mol. The van der Waals surface area contributed by atoms with E-state index in [1.54, 1.807) is 0 Å². The van der Waals surface area contributed by atoms with Crippen molar-refractivity contribution in [3.63, 3.8) is 0 Å². The van der Waals surface area contributed by atoms with Crippen LogP contribution in [0.3, 0.4) is 0 Å². The fourth-order valence-electron chi connectivity index (χ4n) is 1.86. The monoisotopic (exact) mass is 289 g/mol. The third kappa shape index (κ3) is 6.29. The Bertz CT molecular complexity index is 431. The average molecular weight is 289 g/mol. The van der Waals surface area contributed by atoms with Crippen molar-refractivity contribution in [1.29, 1.82) is 0 Å². The quantitative estimate of drug-likeness (QED) is 0.522. The average Bonchev–Trinajstić information content (AvgIpc) is 2.78. The smallest absolute Gasteiger partial charge is 0.677 e. The molecular weight excluding hydrogens is 266 g/mol. The molecule has 1 aliphatic rings. The topological polar surface area (TPSA) is 23.8 Å². The first-order valence-electron chi connectivity index (χ1n) is 6.62. The van der Waals surface area contributed by atoms with Gasteiger partial charge in [-0.3, -0.25) is 0 Å². The van der Waals surface area contributed by atoms with Gasteiger partial charge in [-0.15, -0.1) is 17.7 Å². The maximum absolute atomic E-state index is 6.60. The number of rotatable bonds is 3. The molecule has 0 saturated heterocycles. The maximum Gasteiger partial charge on any atom is 2.00 e. The van der Waals surface area contributed by atoms with Crippen molar-refractivity contribution in [2.75, 3.05) is 6.54 Å². The number of unbranched alkanes of at least 4 members (excludes halogenated alkanes) is 1. The van der Waals surface area contributed by atoms with Crippen molar-refractivity contribution in [3.05, 3.63) is 65.8 Å². The van der Waals surface area contributed by atoms with Gasteiger partial charge in [-0.2, -0.15) is 25.1 Å². The first kappa shape index (κ1) is 18.2. The summed E-state index contributed by atoms with van der Waals surface area (Å²) in [6, 6.07) is 8.30. The normalized spacial score (nSPS) is 12.8. The van der Waals surface area contributed by atoms with E-state index in [0.29, 0.717) is 6.54 Å². The van der Waals surface area contributed by atoms with Crippen LogP contribution in [0.25, 0.3) is 11.3 Å². The summed E-state index contributed by atoms with van der Waals surface area (Å²) in [6.45, 7) is 8.85. The predicted octanol–water partition coefficient (Wildman–Crippen LogP) is 5.44. The number of nitrogens with one attached hydrogen (secondary N) is 1. The number of hydrogen-bond acceptors (Lipinski definition) is 0. The van der Waals surface area contributed by atoms with Gasteiger partial charge in [0.1, 0.15) is 0 Å². The Labute approximate surface area is 132 Å². The molecule has 100 valence electrons. The molecule has 0 fully saturated rings. The molecule has 0 radical (unpaired) electrons. The summed E-state index contributed by atoms with van der Waals surface area (Å²) in [5, 5.41) is 0. The van der Waals surface area contributed by atoms with Crippen LogP contribution < -0.4 is 0 Å². The molecule has 19 heavy (non-hydrogen) atoms. The summed E-state index contributed by atoms with van der Waals surface area (Å²) < 4.78 is 0. The van der Waals surface area contributed by atoms with Crippen LogP contribution in [0.1, 0.15) is 44.2 Å². The van der Waals surface area contributed by atoms with E-state index in [9.17, 15) is 0 Å². The second kappa shape index (κ2) is 10.1. The van der Waals surface area contributed by atoms with Crippen molar-refractivity contribution >= 4 is 5.57 Å². The van der Waals surface area contributed by atoms with Gasteiger partial charge >= 0.3 is 21.7 Å². The molecule has 2 rings (SSSR count). The summed E-state index contributed by atoms with van der Waals surface area (Å²) in [6.07, 6.45) is 7.76. The van der Waals surface area contributed by atoms with Gasteiger partial charge in [0.05, 0.1) is 0 Å². The molecule has 0 aromatic heterocycles. The minimum Gasteiger partial charge on any atom is -0.677 e. The van der Waals surface area contributed by atoms with Crippen LogP contribution in [-0.2, 0) is 21.7 Å². The third-order valence-electron chi connectivity index (χ3n) is 2.94. The molecule has 0 atom stereocenters. The second-order valence-electron chi connectivity index (χ2n) is 4.58. The van der Waals surface area contributed by atoms with Gasteiger partial charge in [0.15, 0.2) is 0 Å². The SMILES string of the molecule is CCCC[NH-].[CH2-]c1ccccc1C1=CC(C)=CC1.[Ti+2]. The van der Waals surface area contributed by atoms with Gasteiger partial charge < -0.3 is 5.73 Å². The van der Waals surface area contributed by atoms with Crippen molar-refractivity contribution in [3.8, 4) is 0 Å². The van der Waals surface area contributed by atoms with Crippen molar-refractivity contribution in [1.82, 2.24) is 0 Å². The molecule has 0 aliphatic heterocycles. The van der Waals surface area contributed by atoms with Crippen LogP contribution in [0.4, 0.5) is 0 Å². The van der Waals surface area contributed by atoms with Gasteiger partial charge in [0, 0.05) is 0 Å². The molecule has 0 saturated carbocycles. The van der Waals surface area contributed by atoms with Crippen LogP contribution >= 0.6 is 0 Å². The summed E-state index contributed by atoms with van der Waals surface area (Å²) in [4.78, 5) is 0. The van der Waals surface area contributed by atoms with E-state index in [4.69, 9.17) is 5.73 Å². The zero-order valence-electron chi connectivity index (χ0n) is 12.0. The Kier molecular flexibility index (Phi) is 9.68. The van der Waals surface area contributed by atoms with Gasteiger partial charge in [-0.1, -0.05) is 49.1 Å². The summed E-state index contributed by atoms with van der Waals surface area (Å²) in [7, 11) is 0. The first-order valence-corrected chi connectivity index (χ1v) is 6.62. The van der Waals surface area contributed by atoms with Gasteiger partial charge in [-0.05, 0) is 13.3 Å². The molecule has 0 unspecified atom stereocenters. The Morgan fingerprint density at radius 1 is 1.26 bits per heavy atom. The van der Waals surface area contributed by atoms with Crippen LogP contribution in [-0.4, -0.2) is 6.54 Å². The fraction of sp³-hybridized carbons (Fsp3) is 0.353. The second-order valence-corrected chi connectivity index (χ2v) is 4.58. The molecule has 1 N–H and O–H groups in total. The zero-order valence-corrected chi connectivity index (χ0v) is 13.6. The van der Waals surface area contributed by atoms with Crippen LogP contribution in [0.15, 0.2) is 42.0 Å². The molecule has 0 bridgehead atoms. The van der Waals surface area contributed by atoms with Gasteiger partial charge in [-0.25, -0.2) is 0 Å². The van der Waals surface area contributed by atoms with Crippen LogP contribution in [0, 0.1) is 6.92 Å². The maximum atomic E-state index is 6.60. The molecule has 1 nitrogen and oxygen atoms in total. The standard InChI is InChI=1S/C13H13.C4H10N.Ti/c1-10-7-8-12(9-10)13-6-4-3-5-11(13)2;1-2-3-4-5;/h3-7,9H,2,8H2,1H3;5H,2-4H2,1H3;/q2*-1;+2. The Hall–Kier alpha value is -0.756. The first-order chi connectivity index (χ1) is 8.69. The molecule has 1 aromatic carbocycles. The Morgan fingerprint density at radius 3 is 2.37 bits per heavy atom. The summed E-state index contributed by atoms with van der Waals surface area (Å²) in [5.41, 5.74) is 11.8. The van der Waals surface area contributed by atoms with E-state index in [1.165, 1.54) is 16.7 Å². The molecular formula is C17H23NTi. The van der Waals surface area contributed by atoms with Gasteiger partial charge in [0.2, 0.25) is 0 Å². The summed E-state index contributed by atoms with van der Waals surface area (Å²) in [5.74, 6) is 0. The largest absolute Gasteiger partial charge is 2.00 e. The van der Waals surface area contributed by atoms with Crippen LogP contribution in [0.5, 0.6) is 0 Å². The molecule has 2 heteroatoms. The van der Waals surface area contributed by atoms with E-state index in [-0.39, 0.29) is 21.7 Å². The van der Waals surface area contributed by atoms with E-state index in [1.807, 2.05) is 6.07 Å². The number of allylic oxidation sites excluding steroid dienone is 4. The van der Waals surface area contributed by atoms with E-state index in [0.717, 1.165) is 24.8 Å². The number of hydrogen-bond donors (Lipinski definition) is 0. The van der Waals surface area contributed by atoms with Crippen molar-refractivity contribution < 1.29 is 21.7 Å². The molecule has 1 aromatic rings. The number of benzene rings is 1. The van der Waals surface area contributed by atoms with Crippen molar-refractivity contribution in [2.45, 2.75) is 33.1 Å². The Morgan fingerprint density at radius 2 is 1.95 bits per heavy atom. The van der Waals surface area contributed by atoms with Crippen LogP contribution in [0.2, 0.25) is 0 Å². The Balaban J connectivity index is 0.000000471. The third-order valence-corrected chi connectivity index (χ3v) is 2.94. The molecule has 0 heterocycles. The fourth-order valence-corrected chi connectivity index (χ4v) is 1.86. The molecule has 1 aliphatic carbocycles. The zero-order chi connectivity index (χ0) is 13.4. The van der Waals surface area contributed by atoms with Crippen molar-refractivity contribution in [2.24, 2.45) is 0 Å².